The number of nitrogens with zero attached hydrogens (tertiary/aromatic N) is 1. The summed E-state index contributed by atoms with van der Waals surface area (Å²) in [5.74, 6) is -0.266. The number of methoxy groups -OCH3 is 1. The maximum atomic E-state index is 12.4. The Morgan fingerprint density at radius 1 is 1.33 bits per heavy atom. The zero-order valence-corrected chi connectivity index (χ0v) is 17.0. The fourth-order valence-corrected chi connectivity index (χ4v) is 3.78. The van der Waals surface area contributed by atoms with Crippen LogP contribution in [-0.2, 0) is 9.59 Å². The van der Waals surface area contributed by atoms with Crippen molar-refractivity contribution in [2.24, 2.45) is 0 Å². The number of benzene rings is 1. The van der Waals surface area contributed by atoms with Gasteiger partial charge >= 0.3 is 0 Å². The normalized spacial score (nSPS) is 15.5. The molecule has 146 valence electrons. The molecule has 1 amide bonds. The SMILES string of the molecule is CCCCCOc1ccc(/C=C2\SC(=S)N(CCC(=O)[O-])C2=O)cc1OC. The summed E-state index contributed by atoms with van der Waals surface area (Å²) in [5, 5.41) is 10.6. The van der Waals surface area contributed by atoms with Gasteiger partial charge in [0.1, 0.15) is 4.32 Å². The Bertz CT molecular complexity index is 748. The standard InChI is InChI=1S/C19H23NO5S2/c1-3-4-5-10-25-14-7-6-13(11-15(14)24-2)12-16-18(23)20(19(26)27-16)9-8-17(21)22/h6-7,11-12H,3-5,8-10H2,1-2H3,(H,21,22)/p-1/b16-12-. The Kier molecular flexibility index (Phi) is 8.12. The van der Waals surface area contributed by atoms with Crippen molar-refractivity contribution in [2.45, 2.75) is 32.6 Å². The number of thiocarbonyl (C=S) groups is 1. The second kappa shape index (κ2) is 10.3. The van der Waals surface area contributed by atoms with Gasteiger partial charge in [0.25, 0.3) is 5.91 Å². The molecule has 1 saturated heterocycles. The van der Waals surface area contributed by atoms with Gasteiger partial charge in [-0.25, -0.2) is 0 Å². The largest absolute Gasteiger partial charge is 0.550 e. The predicted octanol–water partition coefficient (Wildman–Crippen LogP) is 2.61. The number of unbranched alkanes of at least 4 members (excludes halogenated alkanes) is 2. The van der Waals surface area contributed by atoms with Gasteiger partial charge in [-0.15, -0.1) is 0 Å². The van der Waals surface area contributed by atoms with E-state index in [1.165, 1.54) is 4.90 Å². The van der Waals surface area contributed by atoms with Crippen molar-refractivity contribution in [3.05, 3.63) is 28.7 Å². The Labute approximate surface area is 168 Å². The minimum atomic E-state index is -1.22. The quantitative estimate of drug-likeness (QED) is 0.334. The maximum absolute atomic E-state index is 12.4. The summed E-state index contributed by atoms with van der Waals surface area (Å²) in [7, 11) is 1.57. The van der Waals surface area contributed by atoms with Crippen LogP contribution in [0.15, 0.2) is 23.1 Å². The Hall–Kier alpha value is -2.06. The fraction of sp³-hybridized carbons (Fsp3) is 0.421. The smallest absolute Gasteiger partial charge is 0.266 e. The molecule has 6 nitrogen and oxygen atoms in total. The molecule has 1 heterocycles. The number of carboxylic acid groups (broad SMARTS) is 1. The van der Waals surface area contributed by atoms with Gasteiger partial charge in [0.2, 0.25) is 0 Å². The third-order valence-corrected chi connectivity index (χ3v) is 5.28. The van der Waals surface area contributed by atoms with Crippen LogP contribution in [0.1, 0.15) is 38.2 Å². The fourth-order valence-electron chi connectivity index (χ4n) is 2.47. The van der Waals surface area contributed by atoms with E-state index < -0.39 is 5.97 Å². The lowest BCUT2D eigenvalue weighted by atomic mass is 10.2. The molecule has 0 saturated carbocycles. The first-order chi connectivity index (χ1) is 13.0. The minimum absolute atomic E-state index is 0.0121. The summed E-state index contributed by atoms with van der Waals surface area (Å²) in [5.41, 5.74) is 0.771. The van der Waals surface area contributed by atoms with Crippen LogP contribution in [0.2, 0.25) is 0 Å². The zero-order chi connectivity index (χ0) is 19.8. The lowest BCUT2D eigenvalue weighted by molar-refractivity contribution is -0.305. The van der Waals surface area contributed by atoms with E-state index in [0.29, 0.717) is 27.3 Å². The molecule has 0 spiro atoms. The van der Waals surface area contributed by atoms with Crippen molar-refractivity contribution >= 4 is 46.3 Å². The molecule has 1 fully saturated rings. The topological polar surface area (TPSA) is 78.9 Å². The highest BCUT2D eigenvalue weighted by molar-refractivity contribution is 8.26. The number of thioether (sulfide) groups is 1. The first kappa shape index (κ1) is 21.2. The number of ether oxygens (including phenoxy) is 2. The summed E-state index contributed by atoms with van der Waals surface area (Å²) in [6.45, 7) is 2.77. The number of carboxylic acids is 1. The molecule has 0 atom stereocenters. The maximum Gasteiger partial charge on any atom is 0.266 e. The lowest BCUT2D eigenvalue weighted by Crippen LogP contribution is -2.33. The van der Waals surface area contributed by atoms with Crippen LogP contribution in [-0.4, -0.2) is 41.4 Å². The summed E-state index contributed by atoms with van der Waals surface area (Å²) in [6, 6.07) is 5.45. The second-order valence-corrected chi connectivity index (χ2v) is 7.60. The number of carbonyl (C=O) groups is 2. The van der Waals surface area contributed by atoms with Crippen molar-refractivity contribution < 1.29 is 24.2 Å². The van der Waals surface area contributed by atoms with Gasteiger partial charge in [-0.3, -0.25) is 9.69 Å². The molecule has 1 aliphatic rings. The molecule has 27 heavy (non-hydrogen) atoms. The number of rotatable bonds is 10. The van der Waals surface area contributed by atoms with E-state index in [4.69, 9.17) is 21.7 Å². The Balaban J connectivity index is 2.10. The van der Waals surface area contributed by atoms with E-state index in [1.807, 2.05) is 12.1 Å². The highest BCUT2D eigenvalue weighted by Crippen LogP contribution is 2.34. The Morgan fingerprint density at radius 2 is 2.11 bits per heavy atom. The molecule has 0 bridgehead atoms. The zero-order valence-electron chi connectivity index (χ0n) is 15.4. The molecule has 0 radical (unpaired) electrons. The molecular formula is C19H22NO5S2-. The molecule has 1 aliphatic heterocycles. The molecule has 2 rings (SSSR count). The molecule has 8 heteroatoms. The van der Waals surface area contributed by atoms with Gasteiger partial charge in [-0.2, -0.15) is 0 Å². The van der Waals surface area contributed by atoms with E-state index in [2.05, 4.69) is 6.92 Å². The average molecular weight is 409 g/mol. The number of amides is 1. The van der Waals surface area contributed by atoms with Gasteiger partial charge < -0.3 is 19.4 Å². The molecule has 0 unspecified atom stereocenters. The van der Waals surface area contributed by atoms with Crippen molar-refractivity contribution in [2.75, 3.05) is 20.3 Å². The van der Waals surface area contributed by atoms with Crippen LogP contribution < -0.4 is 14.6 Å². The van der Waals surface area contributed by atoms with Gasteiger partial charge in [0.05, 0.1) is 18.6 Å². The molecule has 0 aromatic heterocycles. The number of aliphatic carboxylic acids is 1. The summed E-state index contributed by atoms with van der Waals surface area (Å²) in [4.78, 5) is 24.8. The van der Waals surface area contributed by atoms with Crippen molar-refractivity contribution in [1.29, 1.82) is 0 Å². The average Bonchev–Trinajstić information content (AvgIpc) is 2.90. The van der Waals surface area contributed by atoms with Crippen molar-refractivity contribution in [1.82, 2.24) is 4.90 Å². The number of hydrogen-bond acceptors (Lipinski definition) is 7. The van der Waals surface area contributed by atoms with Gasteiger partial charge in [-0.1, -0.05) is 49.8 Å². The number of carbonyl (C=O) groups excluding carboxylic acids is 2. The first-order valence-corrected chi connectivity index (χ1v) is 9.94. The van der Waals surface area contributed by atoms with Crippen molar-refractivity contribution in [3.8, 4) is 11.5 Å². The lowest BCUT2D eigenvalue weighted by Gasteiger charge is -2.14. The third-order valence-electron chi connectivity index (χ3n) is 3.90. The minimum Gasteiger partial charge on any atom is -0.550 e. The van der Waals surface area contributed by atoms with Crippen LogP contribution >= 0.6 is 24.0 Å². The predicted molar refractivity (Wildman–Crippen MR) is 108 cm³/mol. The molecule has 1 aromatic carbocycles. The second-order valence-electron chi connectivity index (χ2n) is 5.92. The summed E-state index contributed by atoms with van der Waals surface area (Å²) in [6.07, 6.45) is 4.68. The first-order valence-electron chi connectivity index (χ1n) is 8.72. The van der Waals surface area contributed by atoms with Gasteiger partial charge in [0.15, 0.2) is 11.5 Å². The monoisotopic (exact) mass is 408 g/mol. The summed E-state index contributed by atoms with van der Waals surface area (Å²) >= 11 is 6.32. The van der Waals surface area contributed by atoms with E-state index >= 15 is 0 Å². The third kappa shape index (κ3) is 5.97. The molecular weight excluding hydrogens is 386 g/mol. The highest BCUT2D eigenvalue weighted by Gasteiger charge is 2.31. The van der Waals surface area contributed by atoms with Gasteiger partial charge in [0, 0.05) is 18.9 Å². The molecule has 0 N–H and O–H groups in total. The number of hydrogen-bond donors (Lipinski definition) is 0. The van der Waals surface area contributed by atoms with E-state index in [0.717, 1.165) is 36.6 Å². The molecule has 0 aliphatic carbocycles. The van der Waals surface area contributed by atoms with E-state index in [-0.39, 0.29) is 18.9 Å². The van der Waals surface area contributed by atoms with Crippen LogP contribution in [0, 0.1) is 0 Å². The van der Waals surface area contributed by atoms with Crippen LogP contribution in [0.5, 0.6) is 11.5 Å². The highest BCUT2D eigenvalue weighted by atomic mass is 32.2. The Morgan fingerprint density at radius 3 is 2.78 bits per heavy atom. The van der Waals surface area contributed by atoms with Crippen molar-refractivity contribution in [3.63, 3.8) is 0 Å². The molecule has 1 aromatic rings. The van der Waals surface area contributed by atoms with Crippen LogP contribution in [0.3, 0.4) is 0 Å². The summed E-state index contributed by atoms with van der Waals surface area (Å²) < 4.78 is 11.5. The van der Waals surface area contributed by atoms with Crippen LogP contribution in [0.25, 0.3) is 6.08 Å². The van der Waals surface area contributed by atoms with E-state index in [9.17, 15) is 14.7 Å². The van der Waals surface area contributed by atoms with Crippen LogP contribution in [0.4, 0.5) is 0 Å². The van der Waals surface area contributed by atoms with Gasteiger partial charge in [-0.05, 0) is 30.2 Å². The van der Waals surface area contributed by atoms with E-state index in [1.54, 1.807) is 19.3 Å².